The van der Waals surface area contributed by atoms with E-state index < -0.39 is 0 Å². The molecule has 0 N–H and O–H groups in total. The molecule has 1 aliphatic heterocycles. The molecule has 0 radical (unpaired) electrons. The third kappa shape index (κ3) is 2.89. The molecule has 3 rings (SSSR count). The number of hydrogen-bond donors (Lipinski definition) is 0. The average Bonchev–Trinajstić information content (AvgIpc) is 3.30. The molecule has 0 saturated carbocycles. The Balaban J connectivity index is 1.89. The second-order valence-electron chi connectivity index (χ2n) is 4.96. The number of carbonyl (C=O) groups excluding carboxylic acids is 1. The number of ether oxygens (including phenoxy) is 2. The fraction of sp³-hybridized carbons (Fsp3) is 0.235. The molecule has 0 spiro atoms. The number of carbonyl (C=O) groups is 1. The van der Waals surface area contributed by atoms with Crippen molar-refractivity contribution in [2.24, 2.45) is 0 Å². The van der Waals surface area contributed by atoms with Crippen molar-refractivity contribution in [1.29, 1.82) is 0 Å². The largest absolute Gasteiger partial charge is 0.490 e. The normalized spacial score (nSPS) is 16.8. The Kier molecular flexibility index (Phi) is 3.52. The van der Waals surface area contributed by atoms with Crippen molar-refractivity contribution in [1.82, 2.24) is 0 Å². The number of ketones is 1. The summed E-state index contributed by atoms with van der Waals surface area (Å²) in [7, 11) is 0. The molecule has 0 aromatic heterocycles. The molecule has 1 heterocycles. The second kappa shape index (κ2) is 5.47. The first kappa shape index (κ1) is 12.9. The zero-order valence-electron chi connectivity index (χ0n) is 11.3. The molecule has 3 nitrogen and oxygen atoms in total. The van der Waals surface area contributed by atoms with Crippen LogP contribution < -0.4 is 4.74 Å². The van der Waals surface area contributed by atoms with Crippen molar-refractivity contribution in [3.8, 4) is 5.75 Å². The van der Waals surface area contributed by atoms with Crippen LogP contribution in [-0.2, 0) is 4.74 Å². The van der Waals surface area contributed by atoms with Crippen molar-refractivity contribution in [2.45, 2.75) is 13.0 Å². The van der Waals surface area contributed by atoms with E-state index in [1.807, 2.05) is 55.5 Å². The van der Waals surface area contributed by atoms with E-state index >= 15 is 0 Å². The van der Waals surface area contributed by atoms with Crippen LogP contribution in [0.4, 0.5) is 0 Å². The fourth-order valence-electron chi connectivity index (χ4n) is 2.03. The van der Waals surface area contributed by atoms with Gasteiger partial charge in [0.25, 0.3) is 0 Å². The highest BCUT2D eigenvalue weighted by Crippen LogP contribution is 2.24. The van der Waals surface area contributed by atoms with E-state index in [1.54, 1.807) is 0 Å². The van der Waals surface area contributed by atoms with Crippen LogP contribution in [-0.4, -0.2) is 25.1 Å². The Labute approximate surface area is 118 Å². The smallest absolute Gasteiger partial charge is 0.196 e. The van der Waals surface area contributed by atoms with E-state index in [1.165, 1.54) is 0 Å². The standard InChI is InChI=1S/C17H16O3/c1-12-7-8-15(16(9-12)20-11-14-10-19-14)17(18)13-5-3-2-4-6-13/h2-9,14H,10-11H2,1H3. The Hall–Kier alpha value is -2.13. The van der Waals surface area contributed by atoms with Crippen LogP contribution in [0.1, 0.15) is 21.5 Å². The molecule has 1 atom stereocenters. The van der Waals surface area contributed by atoms with Gasteiger partial charge in [0, 0.05) is 5.56 Å². The van der Waals surface area contributed by atoms with Crippen LogP contribution in [0.3, 0.4) is 0 Å². The molecule has 20 heavy (non-hydrogen) atoms. The summed E-state index contributed by atoms with van der Waals surface area (Å²) in [6.45, 7) is 3.23. The first-order chi connectivity index (χ1) is 9.74. The maximum atomic E-state index is 12.5. The monoisotopic (exact) mass is 268 g/mol. The highest BCUT2D eigenvalue weighted by Gasteiger charge is 2.24. The molecule has 0 aliphatic carbocycles. The average molecular weight is 268 g/mol. The minimum absolute atomic E-state index is 0.0164. The summed E-state index contributed by atoms with van der Waals surface area (Å²) in [5.41, 5.74) is 2.34. The van der Waals surface area contributed by atoms with Gasteiger partial charge >= 0.3 is 0 Å². The molecule has 0 bridgehead atoms. The van der Waals surface area contributed by atoms with Crippen LogP contribution in [0.25, 0.3) is 0 Å². The molecular formula is C17H16O3. The topological polar surface area (TPSA) is 38.8 Å². The third-order valence-electron chi connectivity index (χ3n) is 3.24. The number of aryl methyl sites for hydroxylation is 1. The van der Waals surface area contributed by atoms with Gasteiger partial charge in [-0.25, -0.2) is 0 Å². The summed E-state index contributed by atoms with van der Waals surface area (Å²) in [6.07, 6.45) is 0.176. The highest BCUT2D eigenvalue weighted by atomic mass is 16.6. The molecule has 2 aromatic rings. The van der Waals surface area contributed by atoms with Gasteiger partial charge in [0.2, 0.25) is 0 Å². The lowest BCUT2D eigenvalue weighted by Crippen LogP contribution is -2.09. The molecular weight excluding hydrogens is 252 g/mol. The lowest BCUT2D eigenvalue weighted by atomic mass is 10.0. The number of benzene rings is 2. The molecule has 102 valence electrons. The maximum absolute atomic E-state index is 12.5. The Morgan fingerprint density at radius 1 is 1.25 bits per heavy atom. The second-order valence-corrected chi connectivity index (χ2v) is 4.96. The molecule has 3 heteroatoms. The Morgan fingerprint density at radius 3 is 2.70 bits per heavy atom. The third-order valence-corrected chi connectivity index (χ3v) is 3.24. The summed E-state index contributed by atoms with van der Waals surface area (Å²) in [6, 6.07) is 14.9. The minimum Gasteiger partial charge on any atom is -0.490 e. The first-order valence-corrected chi connectivity index (χ1v) is 6.69. The van der Waals surface area contributed by atoms with E-state index in [4.69, 9.17) is 9.47 Å². The van der Waals surface area contributed by atoms with Crippen molar-refractivity contribution >= 4 is 5.78 Å². The van der Waals surface area contributed by atoms with Gasteiger partial charge in [-0.3, -0.25) is 4.79 Å². The predicted molar refractivity (Wildman–Crippen MR) is 76.3 cm³/mol. The Bertz CT molecular complexity index is 615. The van der Waals surface area contributed by atoms with Gasteiger partial charge in [0.05, 0.1) is 12.2 Å². The van der Waals surface area contributed by atoms with Crippen molar-refractivity contribution in [2.75, 3.05) is 13.2 Å². The maximum Gasteiger partial charge on any atom is 0.196 e. The highest BCUT2D eigenvalue weighted by molar-refractivity contribution is 6.10. The molecule has 2 aromatic carbocycles. The SMILES string of the molecule is Cc1ccc(C(=O)c2ccccc2)c(OCC2CO2)c1. The summed E-state index contributed by atoms with van der Waals surface area (Å²) in [4.78, 5) is 12.5. The van der Waals surface area contributed by atoms with E-state index in [0.717, 1.165) is 12.2 Å². The van der Waals surface area contributed by atoms with Crippen LogP contribution in [0, 0.1) is 6.92 Å². The quantitative estimate of drug-likeness (QED) is 0.618. The summed E-state index contributed by atoms with van der Waals surface area (Å²) >= 11 is 0. The number of epoxide rings is 1. The van der Waals surface area contributed by atoms with Gasteiger partial charge in [0.1, 0.15) is 18.5 Å². The van der Waals surface area contributed by atoms with Gasteiger partial charge in [-0.05, 0) is 24.6 Å². The molecule has 0 amide bonds. The van der Waals surface area contributed by atoms with E-state index in [2.05, 4.69) is 0 Å². The van der Waals surface area contributed by atoms with Crippen LogP contribution in [0.5, 0.6) is 5.75 Å². The molecule has 1 aliphatic rings. The zero-order valence-corrected chi connectivity index (χ0v) is 11.3. The molecule has 1 saturated heterocycles. The van der Waals surface area contributed by atoms with E-state index in [9.17, 15) is 4.79 Å². The minimum atomic E-state index is -0.0164. The summed E-state index contributed by atoms with van der Waals surface area (Å²) in [5.74, 6) is 0.617. The van der Waals surface area contributed by atoms with Crippen LogP contribution in [0.15, 0.2) is 48.5 Å². The van der Waals surface area contributed by atoms with E-state index in [-0.39, 0.29) is 11.9 Å². The summed E-state index contributed by atoms with van der Waals surface area (Å²) < 4.78 is 10.9. The lowest BCUT2D eigenvalue weighted by molar-refractivity contribution is 0.103. The van der Waals surface area contributed by atoms with Crippen LogP contribution >= 0.6 is 0 Å². The first-order valence-electron chi connectivity index (χ1n) is 6.69. The van der Waals surface area contributed by atoms with Crippen molar-refractivity contribution in [3.05, 3.63) is 65.2 Å². The van der Waals surface area contributed by atoms with Crippen molar-refractivity contribution in [3.63, 3.8) is 0 Å². The van der Waals surface area contributed by atoms with E-state index in [0.29, 0.717) is 23.5 Å². The number of rotatable bonds is 5. The summed E-state index contributed by atoms with van der Waals surface area (Å²) in [5, 5.41) is 0. The van der Waals surface area contributed by atoms with Crippen molar-refractivity contribution < 1.29 is 14.3 Å². The molecule has 1 unspecified atom stereocenters. The van der Waals surface area contributed by atoms with Gasteiger partial charge in [-0.2, -0.15) is 0 Å². The van der Waals surface area contributed by atoms with Gasteiger partial charge < -0.3 is 9.47 Å². The van der Waals surface area contributed by atoms with Crippen LogP contribution in [0.2, 0.25) is 0 Å². The number of hydrogen-bond acceptors (Lipinski definition) is 3. The fourth-order valence-corrected chi connectivity index (χ4v) is 2.03. The zero-order chi connectivity index (χ0) is 13.9. The lowest BCUT2D eigenvalue weighted by Gasteiger charge is -2.11. The predicted octanol–water partition coefficient (Wildman–Crippen LogP) is 3.00. The van der Waals surface area contributed by atoms with Gasteiger partial charge in [-0.15, -0.1) is 0 Å². The Morgan fingerprint density at radius 2 is 2.00 bits per heavy atom. The van der Waals surface area contributed by atoms with Gasteiger partial charge in [-0.1, -0.05) is 36.4 Å². The van der Waals surface area contributed by atoms with Gasteiger partial charge in [0.15, 0.2) is 5.78 Å². The molecule has 1 fully saturated rings.